The van der Waals surface area contributed by atoms with E-state index in [2.05, 4.69) is 142 Å². The van der Waals surface area contributed by atoms with Crippen molar-refractivity contribution in [2.24, 2.45) is 0 Å². The van der Waals surface area contributed by atoms with Crippen molar-refractivity contribution in [1.82, 2.24) is 29.3 Å². The molecule has 3 aromatic heterocycles. The summed E-state index contributed by atoms with van der Waals surface area (Å²) in [4.78, 5) is 8.20. The summed E-state index contributed by atoms with van der Waals surface area (Å²) >= 11 is 6.63. The molecule has 0 saturated carbocycles. The summed E-state index contributed by atoms with van der Waals surface area (Å²) in [5.41, 5.74) is 7.59. The molecule has 0 atom stereocenters. The summed E-state index contributed by atoms with van der Waals surface area (Å²) in [5, 5.41) is 11.5. The van der Waals surface area contributed by atoms with Crippen LogP contribution in [0.2, 0.25) is 5.02 Å². The second-order valence-electron chi connectivity index (χ2n) is 13.0. The Morgan fingerprint density at radius 2 is 1.22 bits per heavy atom. The number of aromatic amines is 1. The first-order valence-electron chi connectivity index (χ1n) is 17.6. The van der Waals surface area contributed by atoms with Crippen molar-refractivity contribution in [2.45, 2.75) is 44.2 Å². The average molecular weight is 687 g/mol. The van der Waals surface area contributed by atoms with E-state index in [1.54, 1.807) is 0 Å². The second-order valence-corrected chi connectivity index (χ2v) is 13.4. The van der Waals surface area contributed by atoms with E-state index in [0.29, 0.717) is 6.42 Å². The first-order chi connectivity index (χ1) is 25.2. The molecule has 252 valence electrons. The van der Waals surface area contributed by atoms with Crippen molar-refractivity contribution in [1.29, 1.82) is 0 Å². The van der Waals surface area contributed by atoms with Crippen LogP contribution in [0.4, 0.5) is 0 Å². The zero-order valence-electron chi connectivity index (χ0n) is 28.4. The Hall–Kier alpha value is -5.72. The first kappa shape index (κ1) is 32.5. The zero-order valence-corrected chi connectivity index (χ0v) is 29.1. The van der Waals surface area contributed by atoms with E-state index in [4.69, 9.17) is 26.8 Å². The normalized spacial score (nSPS) is 11.7. The van der Waals surface area contributed by atoms with Crippen molar-refractivity contribution in [2.75, 3.05) is 0 Å². The lowest BCUT2D eigenvalue weighted by atomic mass is 9.76. The van der Waals surface area contributed by atoms with Gasteiger partial charge in [-0.15, -0.1) is 10.2 Å². The monoisotopic (exact) mass is 686 g/mol. The Balaban J connectivity index is 1.12. The number of H-pyrrole nitrogens is 1. The van der Waals surface area contributed by atoms with Crippen molar-refractivity contribution >= 4 is 22.5 Å². The van der Waals surface area contributed by atoms with Crippen molar-refractivity contribution < 1.29 is 0 Å². The summed E-state index contributed by atoms with van der Waals surface area (Å²) in [5.74, 6) is 1.92. The van der Waals surface area contributed by atoms with Crippen LogP contribution in [-0.2, 0) is 37.8 Å². The smallest absolute Gasteiger partial charge is 0.137 e. The molecule has 0 aliphatic rings. The van der Waals surface area contributed by atoms with Crippen LogP contribution in [0.25, 0.3) is 10.9 Å². The van der Waals surface area contributed by atoms with E-state index in [1.807, 2.05) is 30.7 Å². The van der Waals surface area contributed by atoms with E-state index in [9.17, 15) is 0 Å². The molecule has 0 amide bonds. The number of hydrogen-bond acceptors (Lipinski definition) is 3. The number of aromatic nitrogens is 6. The third-order valence-corrected chi connectivity index (χ3v) is 10.3. The van der Waals surface area contributed by atoms with Crippen LogP contribution < -0.4 is 0 Å². The van der Waals surface area contributed by atoms with Gasteiger partial charge in [0.1, 0.15) is 17.2 Å². The number of imidazole rings is 1. The van der Waals surface area contributed by atoms with Crippen LogP contribution in [0, 0.1) is 0 Å². The summed E-state index contributed by atoms with van der Waals surface area (Å²) in [6.07, 6.45) is 10.1. The summed E-state index contributed by atoms with van der Waals surface area (Å²) in [7, 11) is 0. The Morgan fingerprint density at radius 1 is 0.608 bits per heavy atom. The van der Waals surface area contributed by atoms with Crippen LogP contribution in [0.1, 0.15) is 51.6 Å². The highest BCUT2D eigenvalue weighted by atomic mass is 35.5. The highest BCUT2D eigenvalue weighted by Crippen LogP contribution is 2.41. The fourth-order valence-corrected chi connectivity index (χ4v) is 7.73. The fourth-order valence-electron chi connectivity index (χ4n) is 7.53. The van der Waals surface area contributed by atoms with Crippen LogP contribution in [0.5, 0.6) is 0 Å². The summed E-state index contributed by atoms with van der Waals surface area (Å²) in [6.45, 7) is 0.774. The highest BCUT2D eigenvalue weighted by molar-refractivity contribution is 6.31. The van der Waals surface area contributed by atoms with Gasteiger partial charge in [0.15, 0.2) is 0 Å². The molecular weight excluding hydrogens is 648 g/mol. The Labute approximate surface area is 303 Å². The van der Waals surface area contributed by atoms with Crippen LogP contribution in [-0.4, -0.2) is 29.3 Å². The molecular formula is C44H39ClN6. The van der Waals surface area contributed by atoms with Gasteiger partial charge < -0.3 is 14.1 Å². The van der Waals surface area contributed by atoms with E-state index >= 15 is 0 Å². The lowest BCUT2D eigenvalue weighted by molar-refractivity contribution is 0.485. The molecule has 3 heterocycles. The summed E-state index contributed by atoms with van der Waals surface area (Å²) < 4.78 is 4.69. The number of hydrogen-bond donors (Lipinski definition) is 1. The largest absolute Gasteiger partial charge is 0.361 e. The van der Waals surface area contributed by atoms with Crippen molar-refractivity contribution in [3.8, 4) is 0 Å². The maximum absolute atomic E-state index is 6.63. The van der Waals surface area contributed by atoms with Gasteiger partial charge in [0.2, 0.25) is 0 Å². The van der Waals surface area contributed by atoms with Crippen LogP contribution in [0.3, 0.4) is 0 Å². The first-order valence-corrected chi connectivity index (χ1v) is 18.0. The molecule has 0 saturated heterocycles. The molecule has 0 aliphatic heterocycles. The molecule has 8 aromatic rings. The standard InChI is InChI=1S/C44H39ClN6/c45-40-24-12-10-15-33(40)29-43-49-48-42(27-26-34-30-47-41-25-13-11-23-39(34)41)50(43)28-14-22-38-31-46-32-51(38)44(35-16-4-1-5-17-35,36-18-6-2-7-19-36)37-20-8-3-9-21-37/h1-13,15-21,23-25,30-32,47H,14,22,26-29H2. The maximum atomic E-state index is 6.63. The molecule has 8 rings (SSSR count). The molecule has 0 spiro atoms. The van der Waals surface area contributed by atoms with Crippen LogP contribution >= 0.6 is 11.6 Å². The minimum atomic E-state index is -0.605. The SMILES string of the molecule is Clc1ccccc1Cc1nnc(CCc2c[nH]c3ccccc23)n1CCCc1cncn1C(c1ccccc1)(c1ccccc1)c1ccccc1. The lowest BCUT2D eigenvalue weighted by Gasteiger charge is -2.38. The fraction of sp³-hybridized carbons (Fsp3) is 0.159. The number of benzene rings is 5. The molecule has 0 unspecified atom stereocenters. The minimum Gasteiger partial charge on any atom is -0.361 e. The molecule has 6 nitrogen and oxygen atoms in total. The Kier molecular flexibility index (Phi) is 9.32. The van der Waals surface area contributed by atoms with E-state index in [-0.39, 0.29) is 0 Å². The quantitative estimate of drug-likeness (QED) is 0.123. The van der Waals surface area contributed by atoms with Gasteiger partial charge in [0, 0.05) is 53.4 Å². The number of aryl methyl sites for hydroxylation is 3. The third kappa shape index (κ3) is 6.39. The maximum Gasteiger partial charge on any atom is 0.137 e. The third-order valence-electron chi connectivity index (χ3n) is 9.97. The highest BCUT2D eigenvalue weighted by Gasteiger charge is 2.39. The van der Waals surface area contributed by atoms with Gasteiger partial charge in [-0.3, -0.25) is 0 Å². The molecule has 1 N–H and O–H groups in total. The van der Waals surface area contributed by atoms with Gasteiger partial charge >= 0.3 is 0 Å². The molecule has 0 radical (unpaired) electrons. The lowest BCUT2D eigenvalue weighted by Crippen LogP contribution is -2.38. The van der Waals surface area contributed by atoms with Gasteiger partial charge in [-0.2, -0.15) is 0 Å². The van der Waals surface area contributed by atoms with E-state index in [0.717, 1.165) is 65.7 Å². The van der Waals surface area contributed by atoms with Gasteiger partial charge in [-0.1, -0.05) is 139 Å². The average Bonchev–Trinajstić information content (AvgIpc) is 3.93. The van der Waals surface area contributed by atoms with E-state index in [1.165, 1.54) is 27.6 Å². The second kappa shape index (κ2) is 14.6. The van der Waals surface area contributed by atoms with E-state index < -0.39 is 5.54 Å². The number of fused-ring (bicyclic) bond motifs is 1. The number of para-hydroxylation sites is 1. The van der Waals surface area contributed by atoms with Gasteiger partial charge in [-0.05, 0) is 59.2 Å². The Morgan fingerprint density at radius 3 is 1.90 bits per heavy atom. The number of rotatable bonds is 13. The topological polar surface area (TPSA) is 64.3 Å². The number of nitrogens with one attached hydrogen (secondary N) is 1. The molecule has 0 fully saturated rings. The predicted molar refractivity (Wildman–Crippen MR) is 205 cm³/mol. The van der Waals surface area contributed by atoms with Crippen LogP contribution in [0.15, 0.2) is 158 Å². The summed E-state index contributed by atoms with van der Waals surface area (Å²) in [6, 6.07) is 48.8. The van der Waals surface area contributed by atoms with Crippen molar-refractivity contribution in [3.05, 3.63) is 208 Å². The Bertz CT molecular complexity index is 2240. The molecule has 7 heteroatoms. The minimum absolute atomic E-state index is 0.605. The molecule has 0 aliphatic carbocycles. The molecule has 5 aromatic carbocycles. The number of nitrogens with zero attached hydrogens (tertiary/aromatic N) is 5. The van der Waals surface area contributed by atoms with Gasteiger partial charge in [0.05, 0.1) is 6.33 Å². The van der Waals surface area contributed by atoms with Crippen molar-refractivity contribution in [3.63, 3.8) is 0 Å². The number of halogens is 1. The molecule has 51 heavy (non-hydrogen) atoms. The zero-order chi connectivity index (χ0) is 34.5. The van der Waals surface area contributed by atoms with Gasteiger partial charge in [0.25, 0.3) is 0 Å². The molecule has 0 bridgehead atoms. The van der Waals surface area contributed by atoms with Gasteiger partial charge in [-0.25, -0.2) is 4.98 Å². The predicted octanol–water partition coefficient (Wildman–Crippen LogP) is 9.46.